The Labute approximate surface area is 133 Å². The van der Waals surface area contributed by atoms with E-state index in [-0.39, 0.29) is 5.54 Å². The normalized spacial score (nSPS) is 11.7. The maximum absolute atomic E-state index is 3.52. The highest BCUT2D eigenvalue weighted by Gasteiger charge is 2.08. The quantitative estimate of drug-likeness (QED) is 0.817. The van der Waals surface area contributed by atoms with Gasteiger partial charge in [-0.1, -0.05) is 36.0 Å². The Morgan fingerprint density at radius 1 is 0.952 bits per heavy atom. The zero-order chi connectivity index (χ0) is 15.5. The fourth-order valence-electron chi connectivity index (χ4n) is 1.99. The first-order chi connectivity index (χ1) is 9.83. The molecule has 0 spiro atoms. The molecule has 0 bridgehead atoms. The maximum atomic E-state index is 3.52. The van der Waals surface area contributed by atoms with Crippen LogP contribution in [0.15, 0.2) is 52.3 Å². The third-order valence-corrected chi connectivity index (χ3v) is 4.49. The highest BCUT2D eigenvalue weighted by Crippen LogP contribution is 2.31. The number of hydrogen-bond donors (Lipinski definition) is 1. The van der Waals surface area contributed by atoms with Crippen molar-refractivity contribution in [2.45, 2.75) is 56.5 Å². The van der Waals surface area contributed by atoms with E-state index >= 15 is 0 Å². The summed E-state index contributed by atoms with van der Waals surface area (Å²) in [7, 11) is 0. The van der Waals surface area contributed by atoms with Crippen LogP contribution in [0.5, 0.6) is 0 Å². The van der Waals surface area contributed by atoms with Gasteiger partial charge < -0.3 is 5.32 Å². The van der Waals surface area contributed by atoms with E-state index in [9.17, 15) is 0 Å². The van der Waals surface area contributed by atoms with E-state index in [0.29, 0.717) is 0 Å². The molecule has 0 radical (unpaired) electrons. The summed E-state index contributed by atoms with van der Waals surface area (Å²) in [5.41, 5.74) is 4.14. The van der Waals surface area contributed by atoms with Crippen molar-refractivity contribution in [3.8, 4) is 0 Å². The molecule has 0 amide bonds. The third kappa shape index (κ3) is 5.22. The van der Waals surface area contributed by atoms with Gasteiger partial charge in [-0.25, -0.2) is 0 Å². The fraction of sp³-hybridized carbons (Fsp3) is 0.368. The molecule has 0 aliphatic carbocycles. The Hall–Kier alpha value is -1.25. The topological polar surface area (TPSA) is 12.0 Å². The molecule has 0 aliphatic heterocycles. The largest absolute Gasteiger partial charge is 0.308 e. The smallest absolute Gasteiger partial charge is 0.0210 e. The molecule has 0 heterocycles. The van der Waals surface area contributed by atoms with Gasteiger partial charge in [-0.15, -0.1) is 0 Å². The molecule has 0 unspecified atom stereocenters. The summed E-state index contributed by atoms with van der Waals surface area (Å²) in [6.07, 6.45) is 0. The third-order valence-electron chi connectivity index (χ3n) is 3.32. The van der Waals surface area contributed by atoms with Crippen molar-refractivity contribution in [2.75, 3.05) is 0 Å². The van der Waals surface area contributed by atoms with Gasteiger partial charge in [0, 0.05) is 21.9 Å². The number of aryl methyl sites for hydroxylation is 2. The van der Waals surface area contributed by atoms with E-state index in [1.54, 1.807) is 0 Å². The molecule has 0 aliphatic rings. The van der Waals surface area contributed by atoms with Gasteiger partial charge in [-0.3, -0.25) is 0 Å². The second-order valence-electron chi connectivity index (χ2n) is 6.62. The minimum absolute atomic E-state index is 0.159. The minimum atomic E-state index is 0.159. The van der Waals surface area contributed by atoms with Gasteiger partial charge in [-0.2, -0.15) is 0 Å². The van der Waals surface area contributed by atoms with E-state index < -0.39 is 0 Å². The highest BCUT2D eigenvalue weighted by atomic mass is 32.2. The standard InChI is InChI=1S/C19H25NS/c1-14-6-7-15(2)18(12-14)21-17-10-8-16(9-11-17)13-20-19(3,4)5/h6-12,20H,13H2,1-5H3. The predicted octanol–water partition coefficient (Wildman–Crippen LogP) is 5.34. The molecule has 1 nitrogen and oxygen atoms in total. The minimum Gasteiger partial charge on any atom is -0.308 e. The van der Waals surface area contributed by atoms with E-state index in [1.165, 1.54) is 26.5 Å². The van der Waals surface area contributed by atoms with Crippen molar-refractivity contribution in [3.05, 3.63) is 59.2 Å². The summed E-state index contributed by atoms with van der Waals surface area (Å²) in [6, 6.07) is 15.5. The Morgan fingerprint density at radius 3 is 2.24 bits per heavy atom. The van der Waals surface area contributed by atoms with Crippen LogP contribution in [-0.2, 0) is 6.54 Å². The molecule has 2 heteroatoms. The van der Waals surface area contributed by atoms with Crippen LogP contribution in [0.4, 0.5) is 0 Å². The monoisotopic (exact) mass is 299 g/mol. The number of nitrogens with one attached hydrogen (secondary N) is 1. The summed E-state index contributed by atoms with van der Waals surface area (Å²) in [4.78, 5) is 2.64. The van der Waals surface area contributed by atoms with Crippen LogP contribution in [0, 0.1) is 13.8 Å². The molecule has 0 atom stereocenters. The average molecular weight is 299 g/mol. The van der Waals surface area contributed by atoms with E-state index in [4.69, 9.17) is 0 Å². The Balaban J connectivity index is 2.04. The summed E-state index contributed by atoms with van der Waals surface area (Å²) in [5, 5.41) is 3.52. The van der Waals surface area contributed by atoms with E-state index in [2.05, 4.69) is 82.4 Å². The number of hydrogen-bond acceptors (Lipinski definition) is 2. The molecule has 2 aromatic rings. The van der Waals surface area contributed by atoms with Crippen molar-refractivity contribution >= 4 is 11.8 Å². The Morgan fingerprint density at radius 2 is 1.62 bits per heavy atom. The zero-order valence-electron chi connectivity index (χ0n) is 13.7. The van der Waals surface area contributed by atoms with Crippen LogP contribution in [-0.4, -0.2) is 5.54 Å². The van der Waals surface area contributed by atoms with Crippen LogP contribution in [0.1, 0.15) is 37.5 Å². The van der Waals surface area contributed by atoms with Crippen LogP contribution < -0.4 is 5.32 Å². The summed E-state index contributed by atoms with van der Waals surface area (Å²) < 4.78 is 0. The molecule has 112 valence electrons. The summed E-state index contributed by atoms with van der Waals surface area (Å²) in [6.45, 7) is 11.8. The van der Waals surface area contributed by atoms with Gasteiger partial charge in [0.15, 0.2) is 0 Å². The van der Waals surface area contributed by atoms with Crippen molar-refractivity contribution in [2.24, 2.45) is 0 Å². The lowest BCUT2D eigenvalue weighted by Crippen LogP contribution is -2.35. The summed E-state index contributed by atoms with van der Waals surface area (Å²) in [5.74, 6) is 0. The first-order valence-corrected chi connectivity index (χ1v) is 8.24. The lowest BCUT2D eigenvalue weighted by Gasteiger charge is -2.20. The van der Waals surface area contributed by atoms with Crippen LogP contribution >= 0.6 is 11.8 Å². The molecule has 2 aromatic carbocycles. The van der Waals surface area contributed by atoms with Crippen LogP contribution in [0.2, 0.25) is 0 Å². The van der Waals surface area contributed by atoms with Crippen molar-refractivity contribution in [1.29, 1.82) is 0 Å². The zero-order valence-corrected chi connectivity index (χ0v) is 14.5. The lowest BCUT2D eigenvalue weighted by atomic mass is 10.1. The first kappa shape index (κ1) is 16.1. The number of rotatable bonds is 4. The maximum Gasteiger partial charge on any atom is 0.0210 e. The second-order valence-corrected chi connectivity index (χ2v) is 7.73. The van der Waals surface area contributed by atoms with Crippen molar-refractivity contribution in [3.63, 3.8) is 0 Å². The van der Waals surface area contributed by atoms with E-state index in [0.717, 1.165) is 6.54 Å². The van der Waals surface area contributed by atoms with Crippen molar-refractivity contribution < 1.29 is 0 Å². The van der Waals surface area contributed by atoms with Crippen LogP contribution in [0.25, 0.3) is 0 Å². The van der Waals surface area contributed by atoms with Gasteiger partial charge in [0.05, 0.1) is 0 Å². The SMILES string of the molecule is Cc1ccc(C)c(Sc2ccc(CNC(C)(C)C)cc2)c1. The van der Waals surface area contributed by atoms with Gasteiger partial charge in [0.2, 0.25) is 0 Å². The summed E-state index contributed by atoms with van der Waals surface area (Å²) >= 11 is 1.84. The Bertz CT molecular complexity index is 594. The molecule has 0 saturated carbocycles. The van der Waals surface area contributed by atoms with Crippen LogP contribution in [0.3, 0.4) is 0 Å². The molecular weight excluding hydrogens is 274 g/mol. The molecule has 0 saturated heterocycles. The molecule has 21 heavy (non-hydrogen) atoms. The van der Waals surface area contributed by atoms with Gasteiger partial charge >= 0.3 is 0 Å². The second kappa shape index (κ2) is 6.67. The van der Waals surface area contributed by atoms with Gasteiger partial charge in [0.1, 0.15) is 0 Å². The van der Waals surface area contributed by atoms with E-state index in [1.807, 2.05) is 11.8 Å². The van der Waals surface area contributed by atoms with Crippen molar-refractivity contribution in [1.82, 2.24) is 5.32 Å². The molecule has 1 N–H and O–H groups in total. The molecule has 0 fully saturated rings. The highest BCUT2D eigenvalue weighted by molar-refractivity contribution is 7.99. The molecule has 0 aromatic heterocycles. The lowest BCUT2D eigenvalue weighted by molar-refractivity contribution is 0.424. The predicted molar refractivity (Wildman–Crippen MR) is 93.1 cm³/mol. The van der Waals surface area contributed by atoms with Gasteiger partial charge in [0.25, 0.3) is 0 Å². The fourth-order valence-corrected chi connectivity index (χ4v) is 2.99. The number of benzene rings is 2. The molecule has 2 rings (SSSR count). The molecular formula is C19H25NS. The van der Waals surface area contributed by atoms with Gasteiger partial charge in [-0.05, 0) is 69.5 Å². The first-order valence-electron chi connectivity index (χ1n) is 7.42. The average Bonchev–Trinajstić information content (AvgIpc) is 2.41. The Kier molecular flexibility index (Phi) is 5.13.